The SMILES string of the molecule is N#CC1(NC(=O)C(Cc2ccc(OC(F)(F)F)c(Cl)c2)NC(=O)c2cnn(-c3ccc(F)cc3)n2)CC1. The van der Waals surface area contributed by atoms with Crippen molar-refractivity contribution in [3.8, 4) is 17.5 Å². The summed E-state index contributed by atoms with van der Waals surface area (Å²) in [6.45, 7) is 0. The first-order chi connectivity index (χ1) is 17.5. The molecule has 9 nitrogen and oxygen atoms in total. The second kappa shape index (κ2) is 10.1. The van der Waals surface area contributed by atoms with Crippen molar-refractivity contribution in [3.05, 3.63) is 70.8 Å². The van der Waals surface area contributed by atoms with Gasteiger partial charge in [0.25, 0.3) is 5.91 Å². The normalized spacial score (nSPS) is 14.8. The smallest absolute Gasteiger partial charge is 0.404 e. The molecule has 0 aliphatic heterocycles. The van der Waals surface area contributed by atoms with Gasteiger partial charge in [-0.25, -0.2) is 4.39 Å². The molecular formula is C23H17ClF4N6O3. The van der Waals surface area contributed by atoms with Crippen LogP contribution < -0.4 is 15.4 Å². The maximum absolute atomic E-state index is 13.2. The number of benzene rings is 2. The molecule has 1 unspecified atom stereocenters. The lowest BCUT2D eigenvalue weighted by Crippen LogP contribution is -2.51. The van der Waals surface area contributed by atoms with E-state index in [2.05, 4.69) is 25.6 Å². The third-order valence-electron chi connectivity index (χ3n) is 5.39. The highest BCUT2D eigenvalue weighted by Gasteiger charge is 2.45. The van der Waals surface area contributed by atoms with Crippen LogP contribution in [-0.2, 0) is 11.2 Å². The van der Waals surface area contributed by atoms with Crippen molar-refractivity contribution in [3.63, 3.8) is 0 Å². The van der Waals surface area contributed by atoms with Crippen molar-refractivity contribution in [1.82, 2.24) is 25.6 Å². The minimum absolute atomic E-state index is 0.157. The summed E-state index contributed by atoms with van der Waals surface area (Å²) in [5.41, 5.74) is -0.490. The van der Waals surface area contributed by atoms with Crippen LogP contribution >= 0.6 is 11.6 Å². The Morgan fingerprint density at radius 1 is 1.22 bits per heavy atom. The van der Waals surface area contributed by atoms with Gasteiger partial charge in [-0.3, -0.25) is 9.59 Å². The fourth-order valence-electron chi connectivity index (χ4n) is 3.33. The second-order valence-electron chi connectivity index (χ2n) is 8.22. The largest absolute Gasteiger partial charge is 0.573 e. The molecule has 0 saturated heterocycles. The molecule has 14 heteroatoms. The number of ether oxygens (including phenoxy) is 1. The number of halogens is 5. The van der Waals surface area contributed by atoms with E-state index in [1.165, 1.54) is 36.4 Å². The van der Waals surface area contributed by atoms with E-state index in [1.807, 2.05) is 6.07 Å². The minimum Gasteiger partial charge on any atom is -0.404 e. The molecule has 37 heavy (non-hydrogen) atoms. The van der Waals surface area contributed by atoms with Crippen LogP contribution in [-0.4, -0.2) is 44.8 Å². The van der Waals surface area contributed by atoms with Crippen LogP contribution in [0.15, 0.2) is 48.7 Å². The zero-order valence-corrected chi connectivity index (χ0v) is 19.5. The Bertz CT molecular complexity index is 1370. The quantitative estimate of drug-likeness (QED) is 0.425. The van der Waals surface area contributed by atoms with Crippen LogP contribution in [0.5, 0.6) is 5.75 Å². The number of hydrogen-bond donors (Lipinski definition) is 2. The molecule has 0 radical (unpaired) electrons. The first-order valence-electron chi connectivity index (χ1n) is 10.7. The molecule has 1 aromatic heterocycles. The number of carbonyl (C=O) groups excluding carboxylic acids is 2. The Morgan fingerprint density at radius 3 is 2.51 bits per heavy atom. The molecule has 2 aromatic carbocycles. The molecule has 1 aliphatic carbocycles. The average molecular weight is 537 g/mol. The second-order valence-corrected chi connectivity index (χ2v) is 8.63. The fourth-order valence-corrected chi connectivity index (χ4v) is 3.58. The van der Waals surface area contributed by atoms with Crippen LogP contribution in [0.25, 0.3) is 5.69 Å². The highest BCUT2D eigenvalue weighted by Crippen LogP contribution is 2.34. The molecule has 1 saturated carbocycles. The summed E-state index contributed by atoms with van der Waals surface area (Å²) in [5.74, 6) is -2.54. The molecule has 0 bridgehead atoms. The molecule has 3 aromatic rings. The van der Waals surface area contributed by atoms with Crippen molar-refractivity contribution in [1.29, 1.82) is 5.26 Å². The lowest BCUT2D eigenvalue weighted by molar-refractivity contribution is -0.274. The molecule has 1 atom stereocenters. The van der Waals surface area contributed by atoms with E-state index in [1.54, 1.807) is 0 Å². The van der Waals surface area contributed by atoms with Crippen LogP contribution in [0.1, 0.15) is 28.9 Å². The average Bonchev–Trinajstić information content (AvgIpc) is 3.43. The van der Waals surface area contributed by atoms with Gasteiger partial charge >= 0.3 is 6.36 Å². The molecule has 1 heterocycles. The number of nitriles is 1. The summed E-state index contributed by atoms with van der Waals surface area (Å²) in [5, 5.41) is 22.1. The zero-order valence-electron chi connectivity index (χ0n) is 18.7. The van der Waals surface area contributed by atoms with Crippen molar-refractivity contribution in [2.75, 3.05) is 0 Å². The number of amides is 2. The summed E-state index contributed by atoms with van der Waals surface area (Å²) in [7, 11) is 0. The van der Waals surface area contributed by atoms with Gasteiger partial charge in [-0.2, -0.15) is 15.2 Å². The molecule has 2 N–H and O–H groups in total. The third-order valence-corrected chi connectivity index (χ3v) is 5.69. The number of alkyl halides is 3. The highest BCUT2D eigenvalue weighted by atomic mass is 35.5. The molecule has 2 amide bonds. The van der Waals surface area contributed by atoms with E-state index in [0.717, 1.165) is 17.1 Å². The van der Waals surface area contributed by atoms with Crippen molar-refractivity contribution >= 4 is 23.4 Å². The van der Waals surface area contributed by atoms with Crippen molar-refractivity contribution in [2.45, 2.75) is 37.2 Å². The Balaban J connectivity index is 1.53. The van der Waals surface area contributed by atoms with E-state index in [0.29, 0.717) is 24.1 Å². The summed E-state index contributed by atoms with van der Waals surface area (Å²) in [4.78, 5) is 26.9. The van der Waals surface area contributed by atoms with E-state index in [9.17, 15) is 32.4 Å². The van der Waals surface area contributed by atoms with Gasteiger partial charge in [-0.05, 0) is 54.8 Å². The molecular weight excluding hydrogens is 520 g/mol. The van der Waals surface area contributed by atoms with E-state index >= 15 is 0 Å². The summed E-state index contributed by atoms with van der Waals surface area (Å²) < 4.78 is 54.6. The van der Waals surface area contributed by atoms with Gasteiger partial charge in [0.2, 0.25) is 5.91 Å². The number of nitrogens with one attached hydrogen (secondary N) is 2. The van der Waals surface area contributed by atoms with Gasteiger partial charge in [-0.1, -0.05) is 17.7 Å². The summed E-state index contributed by atoms with van der Waals surface area (Å²) >= 11 is 5.91. The predicted octanol–water partition coefficient (Wildman–Crippen LogP) is 3.47. The topological polar surface area (TPSA) is 122 Å². The Kier molecular flexibility index (Phi) is 7.04. The zero-order chi connectivity index (χ0) is 26.8. The fraction of sp³-hybridized carbons (Fsp3) is 0.261. The predicted molar refractivity (Wildman–Crippen MR) is 120 cm³/mol. The highest BCUT2D eigenvalue weighted by molar-refractivity contribution is 6.32. The van der Waals surface area contributed by atoms with Gasteiger partial charge in [0.05, 0.1) is 23.0 Å². The third kappa shape index (κ3) is 6.53. The first kappa shape index (κ1) is 25.9. The van der Waals surface area contributed by atoms with Gasteiger partial charge in [0.1, 0.15) is 23.1 Å². The number of carbonyl (C=O) groups is 2. The number of rotatable bonds is 8. The first-order valence-corrected chi connectivity index (χ1v) is 11.1. The summed E-state index contributed by atoms with van der Waals surface area (Å²) in [6.07, 6.45) is -3.08. The molecule has 192 valence electrons. The number of hydrogen-bond acceptors (Lipinski definition) is 6. The Labute approximate surface area is 212 Å². The van der Waals surface area contributed by atoms with Crippen LogP contribution in [0.4, 0.5) is 17.6 Å². The van der Waals surface area contributed by atoms with Crippen molar-refractivity contribution < 1.29 is 31.9 Å². The van der Waals surface area contributed by atoms with E-state index < -0.39 is 41.3 Å². The Morgan fingerprint density at radius 2 is 1.92 bits per heavy atom. The molecule has 1 aliphatic rings. The van der Waals surface area contributed by atoms with E-state index in [4.69, 9.17) is 11.6 Å². The summed E-state index contributed by atoms with van der Waals surface area (Å²) in [6, 6.07) is 9.40. The number of nitrogens with zero attached hydrogens (tertiary/aromatic N) is 4. The van der Waals surface area contributed by atoms with Gasteiger partial charge in [0.15, 0.2) is 5.69 Å². The van der Waals surface area contributed by atoms with Crippen LogP contribution in [0, 0.1) is 17.1 Å². The Hall–Kier alpha value is -4.18. The molecule has 4 rings (SSSR count). The standard InChI is InChI=1S/C23H17ClF4N6O3/c24-16-9-13(1-6-19(16)37-23(26,27)28)10-17(21(36)32-22(12-29)7-8-22)31-20(35)18-11-30-34(33-18)15-4-2-14(25)3-5-15/h1-6,9,11,17H,7-8,10H2,(H,31,35)(H,32,36). The lowest BCUT2D eigenvalue weighted by atomic mass is 10.0. The maximum Gasteiger partial charge on any atom is 0.573 e. The van der Waals surface area contributed by atoms with Crippen molar-refractivity contribution in [2.24, 2.45) is 0 Å². The van der Waals surface area contributed by atoms with Crippen LogP contribution in [0.2, 0.25) is 5.02 Å². The van der Waals surface area contributed by atoms with Gasteiger partial charge < -0.3 is 15.4 Å². The van der Waals surface area contributed by atoms with Gasteiger partial charge in [-0.15, -0.1) is 18.3 Å². The number of aromatic nitrogens is 3. The van der Waals surface area contributed by atoms with Crippen LogP contribution in [0.3, 0.4) is 0 Å². The molecule has 1 fully saturated rings. The maximum atomic E-state index is 13.2. The minimum atomic E-state index is -4.94. The monoisotopic (exact) mass is 536 g/mol. The molecule has 0 spiro atoms. The lowest BCUT2D eigenvalue weighted by Gasteiger charge is -2.20. The van der Waals surface area contributed by atoms with Gasteiger partial charge in [0, 0.05) is 6.42 Å². The van der Waals surface area contributed by atoms with E-state index in [-0.39, 0.29) is 17.1 Å².